The van der Waals surface area contributed by atoms with Gasteiger partial charge in [0.1, 0.15) is 0 Å². The number of aromatic nitrogens is 2. The number of aryl methyl sites for hydroxylation is 1. The molecule has 4 rings (SSSR count). The van der Waals surface area contributed by atoms with Crippen LogP contribution < -0.4 is 5.32 Å². The van der Waals surface area contributed by atoms with E-state index in [4.69, 9.17) is 14.0 Å². The fourth-order valence-electron chi connectivity index (χ4n) is 3.20. The van der Waals surface area contributed by atoms with Crippen LogP contribution in [0, 0.1) is 6.92 Å². The largest absolute Gasteiger partial charge is 0.481 e. The SMILES string of the molecule is Cc1cc(-c2nc(-c3ccc(CNCCC(=O)O)cc3)no2)ccc1-c1ccoc1. The number of furan rings is 1. The minimum Gasteiger partial charge on any atom is -0.481 e. The fraction of sp³-hybridized carbons (Fsp3) is 0.174. The van der Waals surface area contributed by atoms with Gasteiger partial charge in [-0.2, -0.15) is 4.98 Å². The van der Waals surface area contributed by atoms with Gasteiger partial charge in [-0.3, -0.25) is 4.79 Å². The second-order valence-electron chi connectivity index (χ2n) is 6.98. The van der Waals surface area contributed by atoms with Gasteiger partial charge < -0.3 is 19.4 Å². The zero-order valence-corrected chi connectivity index (χ0v) is 16.5. The minimum absolute atomic E-state index is 0.103. The summed E-state index contributed by atoms with van der Waals surface area (Å²) in [6.45, 7) is 3.07. The molecule has 0 amide bonds. The smallest absolute Gasteiger partial charge is 0.304 e. The molecule has 0 aliphatic rings. The quantitative estimate of drug-likeness (QED) is 0.417. The lowest BCUT2D eigenvalue weighted by molar-refractivity contribution is -0.136. The highest BCUT2D eigenvalue weighted by molar-refractivity contribution is 5.71. The first-order valence-electron chi connectivity index (χ1n) is 9.59. The first-order valence-corrected chi connectivity index (χ1v) is 9.59. The van der Waals surface area contributed by atoms with Gasteiger partial charge in [0.05, 0.1) is 18.9 Å². The third-order valence-corrected chi connectivity index (χ3v) is 4.79. The number of nitrogens with zero attached hydrogens (tertiary/aromatic N) is 2. The number of carboxylic acid groups (broad SMARTS) is 1. The summed E-state index contributed by atoms with van der Waals surface area (Å²) in [4.78, 5) is 15.1. The third kappa shape index (κ3) is 4.47. The number of carbonyl (C=O) groups is 1. The molecule has 0 bridgehead atoms. The van der Waals surface area contributed by atoms with E-state index in [0.29, 0.717) is 24.8 Å². The zero-order valence-electron chi connectivity index (χ0n) is 16.5. The van der Waals surface area contributed by atoms with E-state index in [2.05, 4.69) is 15.5 Å². The van der Waals surface area contributed by atoms with Crippen LogP contribution in [0.1, 0.15) is 17.5 Å². The van der Waals surface area contributed by atoms with Crippen LogP contribution in [-0.2, 0) is 11.3 Å². The van der Waals surface area contributed by atoms with E-state index in [1.165, 1.54) is 0 Å². The van der Waals surface area contributed by atoms with Crippen LogP contribution in [0.15, 0.2) is 70.0 Å². The van der Waals surface area contributed by atoms with E-state index < -0.39 is 5.97 Å². The maximum atomic E-state index is 10.5. The molecule has 0 atom stereocenters. The number of carboxylic acids is 1. The maximum absolute atomic E-state index is 10.5. The Kier molecular flexibility index (Phi) is 5.72. The Balaban J connectivity index is 1.45. The second-order valence-corrected chi connectivity index (χ2v) is 6.98. The normalized spacial score (nSPS) is 11.0. The van der Waals surface area contributed by atoms with Crippen molar-refractivity contribution in [1.29, 1.82) is 0 Å². The summed E-state index contributed by atoms with van der Waals surface area (Å²) in [6.07, 6.45) is 3.48. The lowest BCUT2D eigenvalue weighted by Crippen LogP contribution is -2.17. The summed E-state index contributed by atoms with van der Waals surface area (Å²) in [5, 5.41) is 15.9. The van der Waals surface area contributed by atoms with Crippen molar-refractivity contribution >= 4 is 5.97 Å². The Morgan fingerprint density at radius 3 is 2.57 bits per heavy atom. The van der Waals surface area contributed by atoms with Crippen molar-refractivity contribution in [3.8, 4) is 34.0 Å². The highest BCUT2D eigenvalue weighted by atomic mass is 16.5. The molecule has 0 aliphatic carbocycles. The predicted molar refractivity (Wildman–Crippen MR) is 112 cm³/mol. The molecule has 2 aromatic heterocycles. The first kappa shape index (κ1) is 19.6. The molecule has 0 fully saturated rings. The van der Waals surface area contributed by atoms with Crippen LogP contribution >= 0.6 is 0 Å². The fourth-order valence-corrected chi connectivity index (χ4v) is 3.20. The Morgan fingerprint density at radius 2 is 1.87 bits per heavy atom. The third-order valence-electron chi connectivity index (χ3n) is 4.79. The highest BCUT2D eigenvalue weighted by Gasteiger charge is 2.13. The molecule has 0 saturated heterocycles. The van der Waals surface area contributed by atoms with Crippen molar-refractivity contribution in [2.75, 3.05) is 6.54 Å². The molecule has 7 heteroatoms. The topological polar surface area (TPSA) is 101 Å². The van der Waals surface area contributed by atoms with Crippen LogP contribution in [0.4, 0.5) is 0 Å². The van der Waals surface area contributed by atoms with Crippen LogP contribution in [-0.4, -0.2) is 27.8 Å². The van der Waals surface area contributed by atoms with Gasteiger partial charge in [-0.25, -0.2) is 0 Å². The summed E-state index contributed by atoms with van der Waals surface area (Å²) in [6, 6.07) is 15.7. The predicted octanol–water partition coefficient (Wildman–Crippen LogP) is 4.54. The van der Waals surface area contributed by atoms with E-state index in [0.717, 1.165) is 33.4 Å². The lowest BCUT2D eigenvalue weighted by atomic mass is 10.0. The van der Waals surface area contributed by atoms with Gasteiger partial charge in [-0.1, -0.05) is 35.5 Å². The Bertz CT molecular complexity index is 1130. The van der Waals surface area contributed by atoms with Crippen molar-refractivity contribution in [2.24, 2.45) is 0 Å². The number of hydrogen-bond acceptors (Lipinski definition) is 6. The molecule has 0 unspecified atom stereocenters. The minimum atomic E-state index is -0.808. The Labute approximate surface area is 173 Å². The van der Waals surface area contributed by atoms with Crippen molar-refractivity contribution in [3.63, 3.8) is 0 Å². The maximum Gasteiger partial charge on any atom is 0.304 e. The van der Waals surface area contributed by atoms with Crippen molar-refractivity contribution < 1.29 is 18.8 Å². The van der Waals surface area contributed by atoms with Crippen LogP contribution in [0.25, 0.3) is 34.0 Å². The molecule has 152 valence electrons. The van der Waals surface area contributed by atoms with Crippen molar-refractivity contribution in [2.45, 2.75) is 19.9 Å². The van der Waals surface area contributed by atoms with Gasteiger partial charge in [0.15, 0.2) is 0 Å². The van der Waals surface area contributed by atoms with Gasteiger partial charge in [-0.15, -0.1) is 0 Å². The van der Waals surface area contributed by atoms with Gasteiger partial charge in [0, 0.05) is 29.8 Å². The average Bonchev–Trinajstić information content (AvgIpc) is 3.44. The van der Waals surface area contributed by atoms with Crippen LogP contribution in [0.5, 0.6) is 0 Å². The number of hydrogen-bond donors (Lipinski definition) is 2. The molecule has 0 radical (unpaired) electrons. The number of nitrogens with one attached hydrogen (secondary N) is 1. The molecule has 7 nitrogen and oxygen atoms in total. The van der Waals surface area contributed by atoms with Crippen LogP contribution in [0.3, 0.4) is 0 Å². The van der Waals surface area contributed by atoms with E-state index in [9.17, 15) is 4.79 Å². The highest BCUT2D eigenvalue weighted by Crippen LogP contribution is 2.29. The molecule has 30 heavy (non-hydrogen) atoms. The average molecular weight is 403 g/mol. The standard InChI is InChI=1S/C23H21N3O4/c1-15-12-18(6-7-20(15)19-9-11-29-14-19)23-25-22(26-30-23)17-4-2-16(3-5-17)13-24-10-8-21(27)28/h2-7,9,11-12,14,24H,8,10,13H2,1H3,(H,27,28). The van der Waals surface area contributed by atoms with E-state index in [1.54, 1.807) is 12.5 Å². The van der Waals surface area contributed by atoms with Crippen molar-refractivity contribution in [1.82, 2.24) is 15.5 Å². The summed E-state index contributed by atoms with van der Waals surface area (Å²) >= 11 is 0. The summed E-state index contributed by atoms with van der Waals surface area (Å²) < 4.78 is 10.6. The summed E-state index contributed by atoms with van der Waals surface area (Å²) in [5.41, 5.74) is 5.98. The van der Waals surface area contributed by atoms with E-state index in [-0.39, 0.29) is 6.42 Å². The first-order chi connectivity index (χ1) is 14.6. The number of rotatable bonds is 8. The Hall–Kier alpha value is -3.71. The second kappa shape index (κ2) is 8.75. The van der Waals surface area contributed by atoms with E-state index in [1.807, 2.05) is 55.5 Å². The van der Waals surface area contributed by atoms with Gasteiger partial charge in [0.25, 0.3) is 5.89 Å². The molecule has 0 spiro atoms. The summed E-state index contributed by atoms with van der Waals surface area (Å²) in [7, 11) is 0. The van der Waals surface area contributed by atoms with E-state index >= 15 is 0 Å². The van der Waals surface area contributed by atoms with Gasteiger partial charge >= 0.3 is 5.97 Å². The number of aliphatic carboxylic acids is 1. The van der Waals surface area contributed by atoms with Gasteiger partial charge in [0.2, 0.25) is 5.82 Å². The molecule has 0 saturated carbocycles. The molecular weight excluding hydrogens is 382 g/mol. The Morgan fingerprint density at radius 1 is 1.07 bits per heavy atom. The summed E-state index contributed by atoms with van der Waals surface area (Å²) in [5.74, 6) is 0.176. The molecule has 2 aromatic carbocycles. The lowest BCUT2D eigenvalue weighted by Gasteiger charge is -2.04. The van der Waals surface area contributed by atoms with Gasteiger partial charge in [-0.05, 0) is 41.8 Å². The van der Waals surface area contributed by atoms with Crippen molar-refractivity contribution in [3.05, 3.63) is 72.2 Å². The van der Waals surface area contributed by atoms with Crippen LogP contribution in [0.2, 0.25) is 0 Å². The molecule has 4 aromatic rings. The molecule has 0 aliphatic heterocycles. The molecule has 2 N–H and O–H groups in total. The molecule has 2 heterocycles. The monoisotopic (exact) mass is 403 g/mol. The number of benzene rings is 2. The molecular formula is C23H21N3O4. The zero-order chi connectivity index (χ0) is 20.9.